The first kappa shape index (κ1) is 7.92. The molecule has 0 aromatic heterocycles. The van der Waals surface area contributed by atoms with Gasteiger partial charge in [0.05, 0.1) is 0 Å². The zero-order valence-corrected chi connectivity index (χ0v) is 5.81. The number of hydrogen-bond donors (Lipinski definition) is 2. The SMILES string of the molecule is CCC(C)C(C)(N)O. The Morgan fingerprint density at radius 2 is 2.12 bits per heavy atom. The van der Waals surface area contributed by atoms with Gasteiger partial charge < -0.3 is 10.8 Å². The van der Waals surface area contributed by atoms with Crippen LogP contribution >= 0.6 is 0 Å². The Morgan fingerprint density at radius 1 is 1.75 bits per heavy atom. The molecule has 0 aromatic carbocycles. The number of nitrogens with two attached hydrogens (primary N) is 1. The molecule has 0 radical (unpaired) electrons. The zero-order chi connectivity index (χ0) is 6.78. The van der Waals surface area contributed by atoms with Gasteiger partial charge in [-0.05, 0) is 19.3 Å². The average molecular weight is 117 g/mol. The van der Waals surface area contributed by atoms with E-state index in [9.17, 15) is 0 Å². The fraction of sp³-hybridized carbons (Fsp3) is 1.00. The molecule has 2 nitrogen and oxygen atoms in total. The molecule has 8 heavy (non-hydrogen) atoms. The highest BCUT2D eigenvalue weighted by molar-refractivity contribution is 4.69. The molecule has 0 amide bonds. The second kappa shape index (κ2) is 2.46. The Hall–Kier alpha value is -0.0800. The first-order chi connectivity index (χ1) is 3.48. The maximum atomic E-state index is 9.06. The second-order valence-electron chi connectivity index (χ2n) is 2.54. The van der Waals surface area contributed by atoms with Gasteiger partial charge in [-0.15, -0.1) is 0 Å². The molecule has 0 bridgehead atoms. The Kier molecular flexibility index (Phi) is 2.44. The lowest BCUT2D eigenvalue weighted by molar-refractivity contribution is 0.0111. The summed E-state index contributed by atoms with van der Waals surface area (Å²) in [5.41, 5.74) is 4.35. The standard InChI is InChI=1S/C6H15NO/c1-4-5(2)6(3,7)8/h5,8H,4,7H2,1-3H3. The maximum Gasteiger partial charge on any atom is 0.113 e. The van der Waals surface area contributed by atoms with E-state index in [1.807, 2.05) is 13.8 Å². The molecular weight excluding hydrogens is 102 g/mol. The molecule has 0 rings (SSSR count). The van der Waals surface area contributed by atoms with Crippen molar-refractivity contribution in [3.05, 3.63) is 0 Å². The van der Waals surface area contributed by atoms with Gasteiger partial charge in [0, 0.05) is 0 Å². The highest BCUT2D eigenvalue weighted by Gasteiger charge is 2.20. The van der Waals surface area contributed by atoms with Crippen LogP contribution in [0.25, 0.3) is 0 Å². The van der Waals surface area contributed by atoms with E-state index >= 15 is 0 Å². The minimum Gasteiger partial charge on any atom is -0.376 e. The van der Waals surface area contributed by atoms with E-state index < -0.39 is 5.72 Å². The van der Waals surface area contributed by atoms with Gasteiger partial charge in [-0.2, -0.15) is 0 Å². The predicted octanol–water partition coefficient (Wildman–Crippen LogP) is 0.700. The molecule has 0 aromatic rings. The molecule has 0 saturated heterocycles. The van der Waals surface area contributed by atoms with E-state index in [1.54, 1.807) is 6.92 Å². The lowest BCUT2D eigenvalue weighted by Gasteiger charge is -2.23. The molecule has 0 aliphatic heterocycles. The molecule has 0 heterocycles. The van der Waals surface area contributed by atoms with Crippen LogP contribution in [0.15, 0.2) is 0 Å². The third kappa shape index (κ3) is 2.28. The molecule has 50 valence electrons. The Morgan fingerprint density at radius 3 is 2.12 bits per heavy atom. The monoisotopic (exact) mass is 117 g/mol. The van der Waals surface area contributed by atoms with Crippen molar-refractivity contribution >= 4 is 0 Å². The molecule has 2 unspecified atom stereocenters. The van der Waals surface area contributed by atoms with E-state index in [0.29, 0.717) is 0 Å². The molecule has 0 fully saturated rings. The Bertz CT molecular complexity index is 65.4. The van der Waals surface area contributed by atoms with Crippen molar-refractivity contribution in [2.75, 3.05) is 0 Å². The molecule has 3 N–H and O–H groups in total. The molecule has 0 aliphatic carbocycles. The number of hydrogen-bond acceptors (Lipinski definition) is 2. The average Bonchev–Trinajstić information content (AvgIpc) is 1.62. The Labute approximate surface area is 50.7 Å². The van der Waals surface area contributed by atoms with Gasteiger partial charge in [0.15, 0.2) is 0 Å². The summed E-state index contributed by atoms with van der Waals surface area (Å²) in [5.74, 6) is 0.183. The summed E-state index contributed by atoms with van der Waals surface area (Å²) in [6, 6.07) is 0. The van der Waals surface area contributed by atoms with Crippen molar-refractivity contribution in [2.24, 2.45) is 11.7 Å². The van der Waals surface area contributed by atoms with Crippen molar-refractivity contribution in [3.63, 3.8) is 0 Å². The van der Waals surface area contributed by atoms with Crippen LogP contribution in [0.2, 0.25) is 0 Å². The van der Waals surface area contributed by atoms with Crippen LogP contribution in [-0.4, -0.2) is 10.8 Å². The number of aliphatic hydroxyl groups is 1. The van der Waals surface area contributed by atoms with Gasteiger partial charge in [0.25, 0.3) is 0 Å². The minimum absolute atomic E-state index is 0.183. The van der Waals surface area contributed by atoms with Crippen molar-refractivity contribution in [2.45, 2.75) is 32.9 Å². The van der Waals surface area contributed by atoms with Crippen molar-refractivity contribution in [3.8, 4) is 0 Å². The summed E-state index contributed by atoms with van der Waals surface area (Å²) < 4.78 is 0. The summed E-state index contributed by atoms with van der Waals surface area (Å²) >= 11 is 0. The lowest BCUT2D eigenvalue weighted by Crippen LogP contribution is -2.42. The van der Waals surface area contributed by atoms with Crippen LogP contribution in [0.5, 0.6) is 0 Å². The minimum atomic E-state index is -0.991. The normalized spacial score (nSPS) is 22.1. The van der Waals surface area contributed by atoms with Gasteiger partial charge in [0.2, 0.25) is 0 Å². The van der Waals surface area contributed by atoms with Crippen LogP contribution in [0, 0.1) is 5.92 Å². The maximum absolute atomic E-state index is 9.06. The third-order valence-corrected chi connectivity index (χ3v) is 1.61. The number of rotatable bonds is 2. The largest absolute Gasteiger partial charge is 0.376 e. The van der Waals surface area contributed by atoms with Gasteiger partial charge in [-0.1, -0.05) is 13.8 Å². The van der Waals surface area contributed by atoms with Gasteiger partial charge >= 0.3 is 0 Å². The van der Waals surface area contributed by atoms with E-state index in [0.717, 1.165) is 6.42 Å². The summed E-state index contributed by atoms with van der Waals surface area (Å²) in [4.78, 5) is 0. The van der Waals surface area contributed by atoms with Crippen LogP contribution in [0.3, 0.4) is 0 Å². The molecule has 2 heteroatoms. The Balaban J connectivity index is 3.62. The van der Waals surface area contributed by atoms with E-state index in [2.05, 4.69) is 0 Å². The topological polar surface area (TPSA) is 46.2 Å². The predicted molar refractivity (Wildman–Crippen MR) is 34.3 cm³/mol. The van der Waals surface area contributed by atoms with Crippen LogP contribution < -0.4 is 5.73 Å². The summed E-state index contributed by atoms with van der Waals surface area (Å²) in [6.45, 7) is 5.56. The summed E-state index contributed by atoms with van der Waals surface area (Å²) in [5, 5.41) is 9.06. The first-order valence-corrected chi connectivity index (χ1v) is 2.99. The fourth-order valence-corrected chi connectivity index (χ4v) is 0.413. The third-order valence-electron chi connectivity index (χ3n) is 1.61. The first-order valence-electron chi connectivity index (χ1n) is 2.99. The van der Waals surface area contributed by atoms with Gasteiger partial charge in [0.1, 0.15) is 5.72 Å². The molecule has 0 spiro atoms. The van der Waals surface area contributed by atoms with Crippen molar-refractivity contribution < 1.29 is 5.11 Å². The zero-order valence-electron chi connectivity index (χ0n) is 5.81. The van der Waals surface area contributed by atoms with Gasteiger partial charge in [-0.3, -0.25) is 0 Å². The van der Waals surface area contributed by atoms with E-state index in [1.165, 1.54) is 0 Å². The molecule has 2 atom stereocenters. The summed E-state index contributed by atoms with van der Waals surface area (Å²) in [6.07, 6.45) is 0.920. The lowest BCUT2D eigenvalue weighted by atomic mass is 9.98. The van der Waals surface area contributed by atoms with Crippen LogP contribution in [0.1, 0.15) is 27.2 Å². The smallest absolute Gasteiger partial charge is 0.113 e. The van der Waals surface area contributed by atoms with Crippen LogP contribution in [-0.2, 0) is 0 Å². The van der Waals surface area contributed by atoms with E-state index in [4.69, 9.17) is 10.8 Å². The molecular formula is C6H15NO. The highest BCUT2D eigenvalue weighted by atomic mass is 16.3. The summed E-state index contributed by atoms with van der Waals surface area (Å²) in [7, 11) is 0. The fourth-order valence-electron chi connectivity index (χ4n) is 0.413. The molecule has 0 aliphatic rings. The second-order valence-corrected chi connectivity index (χ2v) is 2.54. The molecule has 0 saturated carbocycles. The quantitative estimate of drug-likeness (QED) is 0.523. The van der Waals surface area contributed by atoms with Crippen LogP contribution in [0.4, 0.5) is 0 Å². The van der Waals surface area contributed by atoms with Crippen molar-refractivity contribution in [1.82, 2.24) is 0 Å². The van der Waals surface area contributed by atoms with E-state index in [-0.39, 0.29) is 5.92 Å². The van der Waals surface area contributed by atoms with Crippen molar-refractivity contribution in [1.29, 1.82) is 0 Å². The highest BCUT2D eigenvalue weighted by Crippen LogP contribution is 2.12. The van der Waals surface area contributed by atoms with Gasteiger partial charge in [-0.25, -0.2) is 0 Å².